The zero-order valence-electron chi connectivity index (χ0n) is 15.7. The first kappa shape index (κ1) is 20.0. The molecule has 0 aliphatic carbocycles. The van der Waals surface area contributed by atoms with Gasteiger partial charge in [-0.1, -0.05) is 24.3 Å². The Morgan fingerprint density at radius 1 is 1.24 bits per heavy atom. The van der Waals surface area contributed by atoms with Gasteiger partial charge in [0, 0.05) is 36.5 Å². The predicted molar refractivity (Wildman–Crippen MR) is 104 cm³/mol. The lowest BCUT2D eigenvalue weighted by molar-refractivity contribution is -0.384. The number of nitro benzene ring substituents is 1. The number of nitro groups is 1. The Morgan fingerprint density at radius 2 is 2.00 bits per heavy atom. The molecule has 0 radical (unpaired) electrons. The number of ether oxygens (including phenoxy) is 1. The molecule has 9 heteroatoms. The molecule has 1 heterocycles. The molecule has 0 aromatic heterocycles. The van der Waals surface area contributed by atoms with Crippen LogP contribution in [0.2, 0.25) is 0 Å². The number of amides is 2. The zero-order valence-corrected chi connectivity index (χ0v) is 15.7. The fourth-order valence-electron chi connectivity index (χ4n) is 3.11. The first-order valence-electron chi connectivity index (χ1n) is 8.92. The average Bonchev–Trinajstić information content (AvgIpc) is 3.08. The number of carbonyl (C=O) groups excluding carboxylic acids is 3. The molecular weight excluding hydrogens is 378 g/mol. The third-order valence-corrected chi connectivity index (χ3v) is 4.55. The van der Waals surface area contributed by atoms with Crippen LogP contribution in [0.4, 0.5) is 17.1 Å². The van der Waals surface area contributed by atoms with Crippen molar-refractivity contribution < 1.29 is 24.0 Å². The molecule has 1 aliphatic rings. The molecule has 150 valence electrons. The van der Waals surface area contributed by atoms with Crippen LogP contribution in [0.1, 0.15) is 12.0 Å². The first-order chi connectivity index (χ1) is 13.8. The van der Waals surface area contributed by atoms with Gasteiger partial charge in [0.15, 0.2) is 6.61 Å². The van der Waals surface area contributed by atoms with Crippen molar-refractivity contribution in [2.45, 2.75) is 13.3 Å². The van der Waals surface area contributed by atoms with Crippen LogP contribution in [0.3, 0.4) is 0 Å². The molecule has 2 amide bonds. The number of aryl methyl sites for hydroxylation is 1. The van der Waals surface area contributed by atoms with E-state index in [1.807, 2.05) is 31.2 Å². The van der Waals surface area contributed by atoms with E-state index in [-0.39, 0.29) is 30.2 Å². The van der Waals surface area contributed by atoms with E-state index in [2.05, 4.69) is 5.32 Å². The van der Waals surface area contributed by atoms with Crippen molar-refractivity contribution in [2.75, 3.05) is 23.4 Å². The van der Waals surface area contributed by atoms with E-state index in [9.17, 15) is 24.5 Å². The maximum absolute atomic E-state index is 12.3. The van der Waals surface area contributed by atoms with Gasteiger partial charge in [0.2, 0.25) is 5.91 Å². The Labute approximate surface area is 166 Å². The third-order valence-electron chi connectivity index (χ3n) is 4.55. The van der Waals surface area contributed by atoms with E-state index >= 15 is 0 Å². The molecule has 0 spiro atoms. The second kappa shape index (κ2) is 8.51. The predicted octanol–water partition coefficient (Wildman–Crippen LogP) is 2.44. The van der Waals surface area contributed by atoms with Crippen LogP contribution in [0.15, 0.2) is 48.5 Å². The summed E-state index contributed by atoms with van der Waals surface area (Å²) in [7, 11) is 0. The molecule has 0 bridgehead atoms. The summed E-state index contributed by atoms with van der Waals surface area (Å²) in [4.78, 5) is 48.3. The molecular formula is C20H19N3O6. The average molecular weight is 397 g/mol. The van der Waals surface area contributed by atoms with Crippen molar-refractivity contribution >= 4 is 34.8 Å². The van der Waals surface area contributed by atoms with Gasteiger partial charge in [-0.05, 0) is 24.6 Å². The number of nitrogens with one attached hydrogen (secondary N) is 1. The number of nitrogens with zero attached hydrogens (tertiary/aromatic N) is 2. The minimum absolute atomic E-state index is 0.0136. The van der Waals surface area contributed by atoms with Crippen LogP contribution in [0.25, 0.3) is 0 Å². The van der Waals surface area contributed by atoms with E-state index in [1.165, 1.54) is 24.3 Å². The zero-order chi connectivity index (χ0) is 21.0. The van der Waals surface area contributed by atoms with Gasteiger partial charge in [-0.15, -0.1) is 0 Å². The summed E-state index contributed by atoms with van der Waals surface area (Å²) in [6, 6.07) is 12.8. The standard InChI is InChI=1S/C20H19N3O6/c1-13-5-2-3-8-17(13)22-11-14(9-19(22)25)20(26)29-12-18(24)21-15-6-4-7-16(10-15)23(27)28/h2-8,10,14H,9,11-12H2,1H3,(H,21,24)/t14-/m1/s1. The minimum atomic E-state index is -0.660. The summed E-state index contributed by atoms with van der Waals surface area (Å²) < 4.78 is 5.04. The fourth-order valence-corrected chi connectivity index (χ4v) is 3.11. The Hall–Kier alpha value is -3.75. The molecule has 9 nitrogen and oxygen atoms in total. The van der Waals surface area contributed by atoms with E-state index in [1.54, 1.807) is 4.90 Å². The molecule has 3 rings (SSSR count). The number of non-ortho nitro benzene ring substituents is 1. The number of hydrogen-bond donors (Lipinski definition) is 1. The molecule has 2 aromatic carbocycles. The van der Waals surface area contributed by atoms with Gasteiger partial charge >= 0.3 is 5.97 Å². The number of rotatable bonds is 6. The Kier molecular flexibility index (Phi) is 5.87. The quantitative estimate of drug-likeness (QED) is 0.454. The summed E-state index contributed by atoms with van der Waals surface area (Å²) >= 11 is 0. The lowest BCUT2D eigenvalue weighted by Gasteiger charge is -2.18. The van der Waals surface area contributed by atoms with E-state index < -0.39 is 29.3 Å². The van der Waals surface area contributed by atoms with E-state index in [0.29, 0.717) is 0 Å². The molecule has 1 fully saturated rings. The summed E-state index contributed by atoms with van der Waals surface area (Å²) in [5.74, 6) is -2.10. The number of esters is 1. The van der Waals surface area contributed by atoms with Crippen LogP contribution in [0, 0.1) is 23.0 Å². The maximum atomic E-state index is 12.3. The van der Waals surface area contributed by atoms with Gasteiger partial charge in [-0.3, -0.25) is 24.5 Å². The Morgan fingerprint density at radius 3 is 2.72 bits per heavy atom. The van der Waals surface area contributed by atoms with Crippen molar-refractivity contribution in [1.82, 2.24) is 0 Å². The summed E-state index contributed by atoms with van der Waals surface area (Å²) in [6.45, 7) is 1.53. The van der Waals surface area contributed by atoms with Crippen molar-refractivity contribution in [3.05, 3.63) is 64.2 Å². The highest BCUT2D eigenvalue weighted by Crippen LogP contribution is 2.28. The normalized spacial score (nSPS) is 15.8. The van der Waals surface area contributed by atoms with Crippen LogP contribution < -0.4 is 10.2 Å². The second-order valence-electron chi connectivity index (χ2n) is 6.66. The largest absolute Gasteiger partial charge is 0.455 e. The number of hydrogen-bond acceptors (Lipinski definition) is 6. The molecule has 29 heavy (non-hydrogen) atoms. The van der Waals surface area contributed by atoms with Gasteiger partial charge in [0.1, 0.15) is 0 Å². The molecule has 1 saturated heterocycles. The number of carbonyl (C=O) groups is 3. The molecule has 1 aliphatic heterocycles. The summed E-state index contributed by atoms with van der Waals surface area (Å²) in [5, 5.41) is 13.2. The highest BCUT2D eigenvalue weighted by Gasteiger charge is 2.36. The molecule has 0 unspecified atom stereocenters. The fraction of sp³-hybridized carbons (Fsp3) is 0.250. The monoisotopic (exact) mass is 397 g/mol. The number of para-hydroxylation sites is 1. The van der Waals surface area contributed by atoms with Gasteiger partial charge < -0.3 is 15.0 Å². The lowest BCUT2D eigenvalue weighted by atomic mass is 10.1. The van der Waals surface area contributed by atoms with Crippen molar-refractivity contribution in [1.29, 1.82) is 0 Å². The van der Waals surface area contributed by atoms with Gasteiger partial charge in [0.25, 0.3) is 11.6 Å². The van der Waals surface area contributed by atoms with Crippen molar-refractivity contribution in [3.63, 3.8) is 0 Å². The SMILES string of the molecule is Cc1ccccc1N1C[C@H](C(=O)OCC(=O)Nc2cccc([N+](=O)[O-])c2)CC1=O. The highest BCUT2D eigenvalue weighted by atomic mass is 16.6. The number of benzene rings is 2. The van der Waals surface area contributed by atoms with E-state index in [4.69, 9.17) is 4.74 Å². The van der Waals surface area contributed by atoms with E-state index in [0.717, 1.165) is 11.3 Å². The number of anilines is 2. The second-order valence-corrected chi connectivity index (χ2v) is 6.66. The smallest absolute Gasteiger partial charge is 0.311 e. The molecule has 0 saturated carbocycles. The molecule has 2 aromatic rings. The topological polar surface area (TPSA) is 119 Å². The van der Waals surface area contributed by atoms with Crippen LogP contribution in [-0.2, 0) is 19.1 Å². The Balaban J connectivity index is 1.54. The Bertz CT molecular complexity index is 974. The van der Waals surface area contributed by atoms with Crippen molar-refractivity contribution in [2.24, 2.45) is 5.92 Å². The third kappa shape index (κ3) is 4.75. The summed E-state index contributed by atoms with van der Waals surface area (Å²) in [6.07, 6.45) is 0.0136. The van der Waals surface area contributed by atoms with Gasteiger partial charge in [-0.25, -0.2) is 0 Å². The maximum Gasteiger partial charge on any atom is 0.311 e. The van der Waals surface area contributed by atoms with Gasteiger partial charge in [-0.2, -0.15) is 0 Å². The highest BCUT2D eigenvalue weighted by molar-refractivity contribution is 6.00. The molecule has 1 atom stereocenters. The van der Waals surface area contributed by atoms with Crippen LogP contribution >= 0.6 is 0 Å². The lowest BCUT2D eigenvalue weighted by Crippen LogP contribution is -2.28. The summed E-state index contributed by atoms with van der Waals surface area (Å²) in [5.41, 5.74) is 1.73. The first-order valence-corrected chi connectivity index (χ1v) is 8.92. The van der Waals surface area contributed by atoms with Crippen molar-refractivity contribution in [3.8, 4) is 0 Å². The molecule has 1 N–H and O–H groups in total. The van der Waals surface area contributed by atoms with Gasteiger partial charge in [0.05, 0.1) is 10.8 Å². The minimum Gasteiger partial charge on any atom is -0.455 e. The van der Waals surface area contributed by atoms with Crippen LogP contribution in [-0.4, -0.2) is 35.9 Å². The van der Waals surface area contributed by atoms with Crippen LogP contribution in [0.5, 0.6) is 0 Å².